The summed E-state index contributed by atoms with van der Waals surface area (Å²) in [5.74, 6) is 0.929. The first-order valence-corrected chi connectivity index (χ1v) is 13.4. The summed E-state index contributed by atoms with van der Waals surface area (Å²) in [6.07, 6.45) is 5.08. The number of nitrogens with zero attached hydrogens (tertiary/aromatic N) is 1. The Morgan fingerprint density at radius 2 is 1.80 bits per heavy atom. The van der Waals surface area contributed by atoms with Crippen molar-refractivity contribution < 1.29 is 17.6 Å². The molecule has 0 saturated heterocycles. The lowest BCUT2D eigenvalue weighted by atomic mass is 10.1. The summed E-state index contributed by atoms with van der Waals surface area (Å²) in [4.78, 5) is 4.11. The van der Waals surface area contributed by atoms with Crippen molar-refractivity contribution in [1.82, 2.24) is 15.0 Å². The Morgan fingerprint density at radius 3 is 2.60 bits per heavy atom. The van der Waals surface area contributed by atoms with E-state index in [1.54, 1.807) is 6.20 Å². The maximum atomic E-state index is 12.7. The minimum absolute atomic E-state index is 0.208. The number of benzene rings is 2. The second-order valence-electron chi connectivity index (χ2n) is 8.41. The van der Waals surface area contributed by atoms with Crippen molar-refractivity contribution in [1.29, 1.82) is 0 Å². The molecule has 35 heavy (non-hydrogen) atoms. The molecule has 4 rings (SSSR count). The zero-order chi connectivity index (χ0) is 24.5. The summed E-state index contributed by atoms with van der Waals surface area (Å²) < 4.78 is 40.0. The van der Waals surface area contributed by atoms with Crippen molar-refractivity contribution in [2.45, 2.75) is 32.1 Å². The first kappa shape index (κ1) is 24.9. The molecule has 2 aromatic heterocycles. The number of nitrogens with one attached hydrogen (secondary N) is 2. The van der Waals surface area contributed by atoms with Crippen molar-refractivity contribution in [2.24, 2.45) is 0 Å². The van der Waals surface area contributed by atoms with E-state index >= 15 is 0 Å². The van der Waals surface area contributed by atoms with E-state index in [-0.39, 0.29) is 5.75 Å². The number of aromatic nitrogens is 1. The number of furan rings is 1. The predicted octanol–water partition coefficient (Wildman–Crippen LogP) is 4.36. The third kappa shape index (κ3) is 7.14. The van der Waals surface area contributed by atoms with Gasteiger partial charge in [0.15, 0.2) is 0 Å². The molecule has 0 atom stereocenters. The average molecular weight is 494 g/mol. The fraction of sp³-hybridized carbons (Fsp3) is 0.296. The van der Waals surface area contributed by atoms with Crippen LogP contribution in [0.25, 0.3) is 11.0 Å². The van der Waals surface area contributed by atoms with Crippen LogP contribution in [-0.2, 0) is 28.7 Å². The molecule has 7 nitrogen and oxygen atoms in total. The number of fused-ring (bicyclic) bond motifs is 1. The van der Waals surface area contributed by atoms with Crippen LogP contribution in [0.3, 0.4) is 0 Å². The van der Waals surface area contributed by atoms with Gasteiger partial charge in [-0.15, -0.1) is 0 Å². The molecule has 8 heteroatoms. The Balaban J connectivity index is 1.31. The van der Waals surface area contributed by atoms with Crippen LogP contribution in [0.4, 0.5) is 0 Å². The average Bonchev–Trinajstić information content (AvgIpc) is 3.17. The van der Waals surface area contributed by atoms with Crippen LogP contribution in [-0.4, -0.2) is 33.1 Å². The molecule has 2 aromatic carbocycles. The van der Waals surface area contributed by atoms with Crippen molar-refractivity contribution >= 4 is 21.0 Å². The van der Waals surface area contributed by atoms with Gasteiger partial charge in [0.25, 0.3) is 0 Å². The van der Waals surface area contributed by atoms with E-state index in [0.717, 1.165) is 41.6 Å². The molecule has 184 valence electrons. The summed E-state index contributed by atoms with van der Waals surface area (Å²) in [6.45, 7) is 4.34. The number of ether oxygens (including phenoxy) is 1. The van der Waals surface area contributed by atoms with Crippen LogP contribution in [0.2, 0.25) is 0 Å². The minimum Gasteiger partial charge on any atom is -0.493 e. The van der Waals surface area contributed by atoms with Gasteiger partial charge in [-0.1, -0.05) is 42.5 Å². The first-order chi connectivity index (χ1) is 17.0. The molecule has 2 heterocycles. The predicted molar refractivity (Wildman–Crippen MR) is 138 cm³/mol. The molecule has 0 fully saturated rings. The number of rotatable bonds is 13. The number of hydrogen-bond donors (Lipinski definition) is 2. The molecule has 0 amide bonds. The molecular weight excluding hydrogens is 462 g/mol. The van der Waals surface area contributed by atoms with Gasteiger partial charge in [-0.2, -0.15) is 0 Å². The van der Waals surface area contributed by atoms with Gasteiger partial charge >= 0.3 is 0 Å². The highest BCUT2D eigenvalue weighted by Crippen LogP contribution is 2.34. The number of sulfonamides is 1. The van der Waals surface area contributed by atoms with Crippen LogP contribution < -0.4 is 14.8 Å². The Kier molecular flexibility index (Phi) is 8.52. The quantitative estimate of drug-likeness (QED) is 0.269. The zero-order valence-corrected chi connectivity index (χ0v) is 20.7. The van der Waals surface area contributed by atoms with E-state index in [1.165, 1.54) is 0 Å². The van der Waals surface area contributed by atoms with Crippen LogP contribution in [0.5, 0.6) is 5.75 Å². The monoisotopic (exact) mass is 493 g/mol. The molecule has 2 N–H and O–H groups in total. The lowest BCUT2D eigenvalue weighted by molar-refractivity contribution is 0.311. The second kappa shape index (κ2) is 12.0. The van der Waals surface area contributed by atoms with Gasteiger partial charge in [0.05, 0.1) is 12.0 Å². The highest BCUT2D eigenvalue weighted by Gasteiger charge is 2.20. The van der Waals surface area contributed by atoms with Crippen LogP contribution in [0.1, 0.15) is 28.9 Å². The summed E-state index contributed by atoms with van der Waals surface area (Å²) >= 11 is 0. The maximum absolute atomic E-state index is 12.7. The summed E-state index contributed by atoms with van der Waals surface area (Å²) in [5, 5.41) is 4.21. The largest absolute Gasteiger partial charge is 0.493 e. The SMILES string of the molecule is Cc1c(CS(=O)(=O)NCCc2ccccc2)oc2cccc(OCCCNCc3cccnc3)c12. The first-order valence-electron chi connectivity index (χ1n) is 11.8. The summed E-state index contributed by atoms with van der Waals surface area (Å²) in [5.41, 5.74) is 3.65. The lowest BCUT2D eigenvalue weighted by Gasteiger charge is -2.09. The Hall–Kier alpha value is -3.20. The molecule has 0 spiro atoms. The van der Waals surface area contributed by atoms with E-state index in [1.807, 2.05) is 73.8 Å². The third-order valence-electron chi connectivity index (χ3n) is 5.72. The fourth-order valence-corrected chi connectivity index (χ4v) is 5.04. The molecular formula is C27H31N3O4S. The Morgan fingerprint density at radius 1 is 0.971 bits per heavy atom. The third-order valence-corrected chi connectivity index (χ3v) is 7.01. The zero-order valence-electron chi connectivity index (χ0n) is 19.9. The lowest BCUT2D eigenvalue weighted by Crippen LogP contribution is -2.27. The summed E-state index contributed by atoms with van der Waals surface area (Å²) in [7, 11) is -3.54. The van der Waals surface area contributed by atoms with Crippen molar-refractivity contribution in [2.75, 3.05) is 19.7 Å². The van der Waals surface area contributed by atoms with E-state index in [0.29, 0.717) is 36.7 Å². The molecule has 0 aliphatic rings. The molecule has 0 aliphatic heterocycles. The summed E-state index contributed by atoms with van der Waals surface area (Å²) in [6, 6.07) is 19.3. The van der Waals surface area contributed by atoms with Crippen molar-refractivity contribution in [3.8, 4) is 5.75 Å². The number of hydrogen-bond acceptors (Lipinski definition) is 6. The van der Waals surface area contributed by atoms with Crippen molar-refractivity contribution in [3.63, 3.8) is 0 Å². The van der Waals surface area contributed by atoms with E-state index in [4.69, 9.17) is 9.15 Å². The molecule has 0 aliphatic carbocycles. The van der Waals surface area contributed by atoms with E-state index in [9.17, 15) is 8.42 Å². The Bertz CT molecular complexity index is 1320. The molecule has 0 bridgehead atoms. The van der Waals surface area contributed by atoms with Gasteiger partial charge in [0.2, 0.25) is 10.0 Å². The second-order valence-corrected chi connectivity index (χ2v) is 10.2. The van der Waals surface area contributed by atoms with Crippen LogP contribution in [0.15, 0.2) is 77.5 Å². The topological polar surface area (TPSA) is 93.5 Å². The maximum Gasteiger partial charge on any atom is 0.218 e. The van der Waals surface area contributed by atoms with Crippen molar-refractivity contribution in [3.05, 3.63) is 95.5 Å². The van der Waals surface area contributed by atoms with Gasteiger partial charge < -0.3 is 14.5 Å². The van der Waals surface area contributed by atoms with E-state index in [2.05, 4.69) is 15.0 Å². The van der Waals surface area contributed by atoms with E-state index < -0.39 is 10.0 Å². The highest BCUT2D eigenvalue weighted by atomic mass is 32.2. The normalized spacial score (nSPS) is 11.7. The van der Waals surface area contributed by atoms with Crippen LogP contribution >= 0.6 is 0 Å². The van der Waals surface area contributed by atoms with Gasteiger partial charge in [0.1, 0.15) is 22.8 Å². The Labute approximate surface area is 206 Å². The molecule has 0 unspecified atom stereocenters. The van der Waals surface area contributed by atoms with Gasteiger partial charge in [-0.25, -0.2) is 13.1 Å². The van der Waals surface area contributed by atoms with Gasteiger partial charge in [0, 0.05) is 31.0 Å². The standard InChI is InChI=1S/C27H31N3O4S/c1-21-26(20-35(31,32)30-16-13-22-8-3-2-4-9-22)34-25-12-5-11-24(27(21)25)33-17-7-15-29-19-23-10-6-14-28-18-23/h2-6,8-12,14,18,29-30H,7,13,15-17,19-20H2,1H3. The molecule has 4 aromatic rings. The van der Waals surface area contributed by atoms with Crippen LogP contribution in [0, 0.1) is 6.92 Å². The molecule has 0 radical (unpaired) electrons. The highest BCUT2D eigenvalue weighted by molar-refractivity contribution is 7.88. The van der Waals surface area contributed by atoms with Gasteiger partial charge in [-0.05, 0) is 55.6 Å². The number of aryl methyl sites for hydroxylation is 1. The molecule has 0 saturated carbocycles. The fourth-order valence-electron chi connectivity index (χ4n) is 3.91. The number of pyridine rings is 1. The van der Waals surface area contributed by atoms with Gasteiger partial charge in [-0.3, -0.25) is 4.98 Å². The minimum atomic E-state index is -3.54. The smallest absolute Gasteiger partial charge is 0.218 e.